The van der Waals surface area contributed by atoms with Gasteiger partial charge in [-0.25, -0.2) is 0 Å². The van der Waals surface area contributed by atoms with Gasteiger partial charge < -0.3 is 4.74 Å². The second-order valence-electron chi connectivity index (χ2n) is 4.74. The van der Waals surface area contributed by atoms with E-state index in [0.29, 0.717) is 0 Å². The van der Waals surface area contributed by atoms with E-state index in [0.717, 1.165) is 19.4 Å². The van der Waals surface area contributed by atoms with Crippen molar-refractivity contribution in [1.29, 1.82) is 0 Å². The van der Waals surface area contributed by atoms with Crippen LogP contribution < -0.4 is 0 Å². The summed E-state index contributed by atoms with van der Waals surface area (Å²) in [5, 5.41) is 2.55. The molecule has 0 aliphatic carbocycles. The molecule has 0 N–H and O–H groups in total. The maximum Gasteiger partial charge on any atom is 0.101 e. The van der Waals surface area contributed by atoms with Gasteiger partial charge in [-0.2, -0.15) is 0 Å². The van der Waals surface area contributed by atoms with E-state index in [9.17, 15) is 0 Å². The van der Waals surface area contributed by atoms with Crippen molar-refractivity contribution in [3.63, 3.8) is 0 Å². The van der Waals surface area contributed by atoms with Crippen molar-refractivity contribution >= 4 is 10.8 Å². The van der Waals surface area contributed by atoms with Gasteiger partial charge in [-0.3, -0.25) is 0 Å². The van der Waals surface area contributed by atoms with Gasteiger partial charge in [0, 0.05) is 6.61 Å². The van der Waals surface area contributed by atoms with Crippen LogP contribution in [0.15, 0.2) is 54.6 Å². The highest BCUT2D eigenvalue weighted by Gasteiger charge is 2.11. The summed E-state index contributed by atoms with van der Waals surface area (Å²) < 4.78 is 6.03. The summed E-state index contributed by atoms with van der Waals surface area (Å²) in [4.78, 5) is 0. The highest BCUT2D eigenvalue weighted by molar-refractivity contribution is 5.86. The molecule has 0 amide bonds. The molecule has 0 saturated carbocycles. The van der Waals surface area contributed by atoms with Crippen LogP contribution in [0.4, 0.5) is 0 Å². The molecule has 0 saturated heterocycles. The first kappa shape index (κ1) is 13.8. The van der Waals surface area contributed by atoms with Crippen molar-refractivity contribution in [2.24, 2.45) is 0 Å². The Labute approximate surface area is 115 Å². The lowest BCUT2D eigenvalue weighted by atomic mass is 10.00. The zero-order valence-electron chi connectivity index (χ0n) is 11.8. The van der Waals surface area contributed by atoms with Gasteiger partial charge in [0.2, 0.25) is 0 Å². The number of hydrogen-bond acceptors (Lipinski definition) is 1. The fourth-order valence-electron chi connectivity index (χ4n) is 2.28. The third kappa shape index (κ3) is 3.45. The van der Waals surface area contributed by atoms with E-state index in [4.69, 9.17) is 4.74 Å². The van der Waals surface area contributed by atoms with Gasteiger partial charge in [-0.15, -0.1) is 0 Å². The van der Waals surface area contributed by atoms with E-state index in [1.54, 1.807) is 0 Å². The highest BCUT2D eigenvalue weighted by Crippen LogP contribution is 2.27. The van der Waals surface area contributed by atoms with E-state index in [-0.39, 0.29) is 6.10 Å². The minimum absolute atomic E-state index is 0.0580. The minimum atomic E-state index is 0.0580. The molecule has 0 aromatic heterocycles. The summed E-state index contributed by atoms with van der Waals surface area (Å²) in [6.45, 7) is 5.04. The molecule has 0 aliphatic rings. The Morgan fingerprint density at radius 2 is 1.89 bits per heavy atom. The van der Waals surface area contributed by atoms with Gasteiger partial charge in [0.25, 0.3) is 0 Å². The van der Waals surface area contributed by atoms with E-state index in [1.165, 1.54) is 16.3 Å². The Morgan fingerprint density at radius 1 is 1.11 bits per heavy atom. The van der Waals surface area contributed by atoms with E-state index in [2.05, 4.69) is 61.5 Å². The van der Waals surface area contributed by atoms with E-state index >= 15 is 0 Å². The molecule has 2 aromatic rings. The second-order valence-corrected chi connectivity index (χ2v) is 4.74. The van der Waals surface area contributed by atoms with Crippen molar-refractivity contribution in [2.75, 3.05) is 6.61 Å². The van der Waals surface area contributed by atoms with Gasteiger partial charge >= 0.3 is 0 Å². The summed E-state index contributed by atoms with van der Waals surface area (Å²) in [7, 11) is 0. The number of allylic oxidation sites excluding steroid dienone is 1. The van der Waals surface area contributed by atoms with Crippen LogP contribution in [-0.2, 0) is 4.74 Å². The van der Waals surface area contributed by atoms with Crippen molar-refractivity contribution in [1.82, 2.24) is 0 Å². The number of benzene rings is 2. The van der Waals surface area contributed by atoms with Crippen LogP contribution in [0.3, 0.4) is 0 Å². The average Bonchev–Trinajstić information content (AvgIpc) is 2.46. The second kappa shape index (κ2) is 7.10. The maximum atomic E-state index is 6.03. The molecule has 0 spiro atoms. The average molecular weight is 254 g/mol. The summed E-state index contributed by atoms with van der Waals surface area (Å²) >= 11 is 0. The first-order valence-electron chi connectivity index (χ1n) is 7.09. The smallest absolute Gasteiger partial charge is 0.101 e. The molecule has 19 heavy (non-hydrogen) atoms. The van der Waals surface area contributed by atoms with Crippen molar-refractivity contribution in [3.05, 3.63) is 60.2 Å². The topological polar surface area (TPSA) is 9.23 Å². The maximum absolute atomic E-state index is 6.03. The molecule has 1 unspecified atom stereocenters. The Morgan fingerprint density at radius 3 is 2.68 bits per heavy atom. The van der Waals surface area contributed by atoms with Crippen LogP contribution >= 0.6 is 0 Å². The summed E-state index contributed by atoms with van der Waals surface area (Å²) in [6, 6.07) is 14.9. The highest BCUT2D eigenvalue weighted by atomic mass is 16.5. The quantitative estimate of drug-likeness (QED) is 0.504. The fraction of sp³-hybridized carbons (Fsp3) is 0.333. The Bertz CT molecular complexity index is 537. The molecule has 1 heteroatoms. The predicted molar refractivity (Wildman–Crippen MR) is 82.4 cm³/mol. The molecule has 0 radical (unpaired) electrons. The summed E-state index contributed by atoms with van der Waals surface area (Å²) in [5.74, 6) is 0. The van der Waals surface area contributed by atoms with Gasteiger partial charge in [0.1, 0.15) is 6.10 Å². The first-order valence-corrected chi connectivity index (χ1v) is 7.09. The van der Waals surface area contributed by atoms with Crippen LogP contribution in [0.2, 0.25) is 0 Å². The van der Waals surface area contributed by atoms with Crippen molar-refractivity contribution in [2.45, 2.75) is 32.8 Å². The zero-order chi connectivity index (χ0) is 13.5. The SMILES string of the molecule is CC=CC(OCCCC)c1cccc2ccccc12. The summed E-state index contributed by atoms with van der Waals surface area (Å²) in [6.07, 6.45) is 6.54. The molecular formula is C18H22O. The number of hydrogen-bond donors (Lipinski definition) is 0. The molecule has 1 nitrogen and oxygen atoms in total. The van der Waals surface area contributed by atoms with Gasteiger partial charge in [-0.1, -0.05) is 68.0 Å². The fourth-order valence-corrected chi connectivity index (χ4v) is 2.28. The van der Waals surface area contributed by atoms with Crippen LogP contribution in [0.5, 0.6) is 0 Å². The molecule has 0 bridgehead atoms. The van der Waals surface area contributed by atoms with Crippen molar-refractivity contribution < 1.29 is 4.74 Å². The lowest BCUT2D eigenvalue weighted by molar-refractivity contribution is 0.0838. The molecule has 0 aliphatic heterocycles. The van der Waals surface area contributed by atoms with Crippen LogP contribution in [0.25, 0.3) is 10.8 Å². The monoisotopic (exact) mass is 254 g/mol. The molecule has 1 atom stereocenters. The third-order valence-corrected chi connectivity index (χ3v) is 3.29. The Kier molecular flexibility index (Phi) is 5.17. The molecule has 100 valence electrons. The van der Waals surface area contributed by atoms with Crippen LogP contribution in [-0.4, -0.2) is 6.61 Å². The van der Waals surface area contributed by atoms with Gasteiger partial charge in [0.05, 0.1) is 0 Å². The Hall–Kier alpha value is -1.60. The standard InChI is InChI=1S/C18H22O/c1-3-5-14-19-18(9-4-2)17-13-8-11-15-10-6-7-12-16(15)17/h4,6-13,18H,3,5,14H2,1-2H3. The van der Waals surface area contributed by atoms with E-state index < -0.39 is 0 Å². The lowest BCUT2D eigenvalue weighted by Gasteiger charge is -2.17. The van der Waals surface area contributed by atoms with Crippen molar-refractivity contribution in [3.8, 4) is 0 Å². The molecular weight excluding hydrogens is 232 g/mol. The number of unbranched alkanes of at least 4 members (excludes halogenated alkanes) is 1. The number of fused-ring (bicyclic) bond motifs is 1. The first-order chi connectivity index (χ1) is 9.36. The molecule has 0 heterocycles. The molecule has 0 fully saturated rings. The molecule has 2 aromatic carbocycles. The predicted octanol–water partition coefficient (Wildman–Crippen LogP) is 5.27. The Balaban J connectivity index is 2.33. The third-order valence-electron chi connectivity index (χ3n) is 3.29. The minimum Gasteiger partial charge on any atom is -0.369 e. The van der Waals surface area contributed by atoms with Gasteiger partial charge in [0.15, 0.2) is 0 Å². The normalized spacial score (nSPS) is 13.2. The van der Waals surface area contributed by atoms with Crippen LogP contribution in [0, 0.1) is 0 Å². The van der Waals surface area contributed by atoms with Gasteiger partial charge in [-0.05, 0) is 29.7 Å². The zero-order valence-corrected chi connectivity index (χ0v) is 11.8. The lowest BCUT2D eigenvalue weighted by Crippen LogP contribution is -2.03. The van der Waals surface area contributed by atoms with E-state index in [1.807, 2.05) is 6.92 Å². The molecule has 2 rings (SSSR count). The van der Waals surface area contributed by atoms with Crippen LogP contribution in [0.1, 0.15) is 38.4 Å². The largest absolute Gasteiger partial charge is 0.369 e. The summed E-state index contributed by atoms with van der Waals surface area (Å²) in [5.41, 5.74) is 1.26. The number of ether oxygens (including phenoxy) is 1. The number of rotatable bonds is 6.